The Hall–Kier alpha value is -2.32. The molecule has 0 radical (unpaired) electrons. The van der Waals surface area contributed by atoms with Gasteiger partial charge in [-0.25, -0.2) is 4.98 Å². The Morgan fingerprint density at radius 1 is 1.50 bits per heavy atom. The fourth-order valence-electron chi connectivity index (χ4n) is 3.00. The number of hydrogen-bond donors (Lipinski definition) is 2. The molecule has 5 nitrogen and oxygen atoms in total. The summed E-state index contributed by atoms with van der Waals surface area (Å²) in [6.07, 6.45) is 1.06. The fraction of sp³-hybridized carbons (Fsp3) is 0.412. The zero-order chi connectivity index (χ0) is 16.1. The minimum absolute atomic E-state index is 0.177. The topological polar surface area (TPSA) is 96.1 Å². The molecule has 0 aromatic carbocycles. The average molecular weight is 297 g/mol. The molecule has 2 aromatic heterocycles. The highest BCUT2D eigenvalue weighted by Crippen LogP contribution is 2.59. The highest BCUT2D eigenvalue weighted by molar-refractivity contribution is 5.76. The van der Waals surface area contributed by atoms with Gasteiger partial charge in [0, 0.05) is 11.5 Å². The summed E-state index contributed by atoms with van der Waals surface area (Å²) in [5.74, 6) is 1.60. The zero-order valence-corrected chi connectivity index (χ0v) is 13.0. The number of anilines is 1. The van der Waals surface area contributed by atoms with E-state index in [4.69, 9.17) is 10.2 Å². The van der Waals surface area contributed by atoms with Crippen LogP contribution in [0.15, 0.2) is 16.5 Å². The van der Waals surface area contributed by atoms with Gasteiger partial charge in [0.1, 0.15) is 35.6 Å². The molecule has 3 rings (SSSR count). The number of pyridine rings is 1. The summed E-state index contributed by atoms with van der Waals surface area (Å²) in [5.41, 5.74) is 9.12. The molecular formula is C17H19N3O2. The summed E-state index contributed by atoms with van der Waals surface area (Å²) in [7, 11) is 0. The van der Waals surface area contributed by atoms with Crippen LogP contribution in [-0.2, 0) is 6.61 Å². The summed E-state index contributed by atoms with van der Waals surface area (Å²) >= 11 is 0. The van der Waals surface area contributed by atoms with Crippen molar-refractivity contribution in [1.82, 2.24) is 4.98 Å². The molecule has 5 heteroatoms. The molecular weight excluding hydrogens is 278 g/mol. The van der Waals surface area contributed by atoms with Crippen LogP contribution in [-0.4, -0.2) is 10.1 Å². The monoisotopic (exact) mass is 297 g/mol. The van der Waals surface area contributed by atoms with Crippen molar-refractivity contribution in [2.24, 2.45) is 5.41 Å². The summed E-state index contributed by atoms with van der Waals surface area (Å²) in [6.45, 7) is 6.17. The Kier molecular flexibility index (Phi) is 3.22. The van der Waals surface area contributed by atoms with E-state index in [0.29, 0.717) is 28.6 Å². The molecule has 1 fully saturated rings. The third-order valence-electron chi connectivity index (χ3n) is 4.53. The Bertz CT molecular complexity index is 784. The molecule has 2 heterocycles. The fourth-order valence-corrected chi connectivity index (χ4v) is 3.00. The highest BCUT2D eigenvalue weighted by atomic mass is 16.4. The van der Waals surface area contributed by atoms with Crippen molar-refractivity contribution >= 4 is 5.82 Å². The molecule has 0 aliphatic heterocycles. The van der Waals surface area contributed by atoms with E-state index in [1.165, 1.54) is 0 Å². The maximum absolute atomic E-state index is 9.44. The number of nitrogen functional groups attached to an aromatic ring is 1. The van der Waals surface area contributed by atoms with E-state index in [2.05, 4.69) is 24.9 Å². The van der Waals surface area contributed by atoms with Gasteiger partial charge >= 0.3 is 0 Å². The van der Waals surface area contributed by atoms with Crippen LogP contribution in [0.4, 0.5) is 5.82 Å². The van der Waals surface area contributed by atoms with Crippen LogP contribution >= 0.6 is 0 Å². The van der Waals surface area contributed by atoms with Crippen LogP contribution < -0.4 is 5.73 Å². The predicted molar refractivity (Wildman–Crippen MR) is 82.9 cm³/mol. The van der Waals surface area contributed by atoms with Crippen LogP contribution in [0.1, 0.15) is 48.8 Å². The number of aromatic nitrogens is 1. The van der Waals surface area contributed by atoms with E-state index in [-0.39, 0.29) is 17.8 Å². The molecule has 0 amide bonds. The van der Waals surface area contributed by atoms with E-state index in [9.17, 15) is 10.4 Å². The second kappa shape index (κ2) is 4.85. The summed E-state index contributed by atoms with van der Waals surface area (Å²) in [6, 6.07) is 5.59. The Morgan fingerprint density at radius 2 is 2.18 bits per heavy atom. The lowest BCUT2D eigenvalue weighted by molar-refractivity contribution is 0.248. The van der Waals surface area contributed by atoms with Gasteiger partial charge in [0.25, 0.3) is 0 Å². The zero-order valence-electron chi connectivity index (χ0n) is 13.0. The molecule has 2 aromatic rings. The van der Waals surface area contributed by atoms with Gasteiger partial charge in [-0.05, 0) is 36.5 Å². The maximum atomic E-state index is 9.44. The molecule has 1 aliphatic rings. The lowest BCUT2D eigenvalue weighted by Crippen LogP contribution is -2.06. The van der Waals surface area contributed by atoms with Gasteiger partial charge in [-0.3, -0.25) is 0 Å². The largest absolute Gasteiger partial charge is 0.459 e. The summed E-state index contributed by atoms with van der Waals surface area (Å²) in [4.78, 5) is 4.48. The highest BCUT2D eigenvalue weighted by Gasteiger charge is 2.48. The first kappa shape index (κ1) is 14.6. The minimum Gasteiger partial charge on any atom is -0.459 e. The molecule has 0 bridgehead atoms. The number of rotatable bonds is 3. The normalized spacial score (nSPS) is 19.0. The SMILES string of the molecule is Cc1c([C@H]2CC2(C)C)nc(N)c(C#N)c1-c1ccc(CO)o1. The van der Waals surface area contributed by atoms with Gasteiger partial charge in [0.05, 0.1) is 5.69 Å². The Morgan fingerprint density at radius 3 is 2.68 bits per heavy atom. The van der Waals surface area contributed by atoms with Gasteiger partial charge in [-0.1, -0.05) is 13.8 Å². The number of aliphatic hydroxyl groups is 1. The van der Waals surface area contributed by atoms with Crippen LogP contribution in [0.5, 0.6) is 0 Å². The molecule has 1 aliphatic carbocycles. The van der Waals surface area contributed by atoms with Gasteiger partial charge in [-0.15, -0.1) is 0 Å². The first-order chi connectivity index (χ1) is 10.4. The molecule has 3 N–H and O–H groups in total. The number of nitrogens with two attached hydrogens (primary N) is 1. The number of aliphatic hydroxyl groups excluding tert-OH is 1. The maximum Gasteiger partial charge on any atom is 0.142 e. The number of nitrogens with zero attached hydrogens (tertiary/aromatic N) is 2. The summed E-state index contributed by atoms with van der Waals surface area (Å²) < 4.78 is 5.62. The van der Waals surface area contributed by atoms with Crippen molar-refractivity contribution in [1.29, 1.82) is 5.26 Å². The quantitative estimate of drug-likeness (QED) is 0.907. The van der Waals surface area contributed by atoms with E-state index in [1.807, 2.05) is 6.92 Å². The smallest absolute Gasteiger partial charge is 0.142 e. The summed E-state index contributed by atoms with van der Waals surface area (Å²) in [5, 5.41) is 18.6. The van der Waals surface area contributed by atoms with Crippen LogP contribution in [0, 0.1) is 23.7 Å². The number of furan rings is 1. The standard InChI is InChI=1S/C17H19N3O2/c1-9-14(13-5-4-10(8-21)22-13)11(7-18)16(19)20-15(9)12-6-17(12,2)3/h4-5,12,21H,6,8H2,1-3H3,(H2,19,20)/t12-/m1/s1. The Balaban J connectivity index is 2.21. The van der Waals surface area contributed by atoms with Crippen LogP contribution in [0.25, 0.3) is 11.3 Å². The third-order valence-corrected chi connectivity index (χ3v) is 4.53. The van der Waals surface area contributed by atoms with Crippen molar-refractivity contribution in [3.8, 4) is 17.4 Å². The van der Waals surface area contributed by atoms with Gasteiger partial charge in [-0.2, -0.15) is 5.26 Å². The molecule has 0 unspecified atom stereocenters. The van der Waals surface area contributed by atoms with E-state index in [1.54, 1.807) is 12.1 Å². The van der Waals surface area contributed by atoms with Crippen molar-refractivity contribution in [2.75, 3.05) is 5.73 Å². The molecule has 0 spiro atoms. The first-order valence-electron chi connectivity index (χ1n) is 7.29. The van der Waals surface area contributed by atoms with Crippen LogP contribution in [0.3, 0.4) is 0 Å². The molecule has 22 heavy (non-hydrogen) atoms. The van der Waals surface area contributed by atoms with Crippen molar-refractivity contribution in [2.45, 2.75) is 39.7 Å². The van der Waals surface area contributed by atoms with Crippen molar-refractivity contribution in [3.05, 3.63) is 34.7 Å². The van der Waals surface area contributed by atoms with Gasteiger partial charge in [0.15, 0.2) is 0 Å². The predicted octanol–water partition coefficient (Wildman–Crippen LogP) is 3.11. The van der Waals surface area contributed by atoms with Gasteiger partial charge < -0.3 is 15.3 Å². The van der Waals surface area contributed by atoms with E-state index < -0.39 is 0 Å². The van der Waals surface area contributed by atoms with E-state index >= 15 is 0 Å². The second-order valence-corrected chi connectivity index (χ2v) is 6.54. The minimum atomic E-state index is -0.177. The lowest BCUT2D eigenvalue weighted by Gasteiger charge is -2.14. The molecule has 0 saturated heterocycles. The van der Waals surface area contributed by atoms with Crippen LogP contribution in [0.2, 0.25) is 0 Å². The molecule has 1 atom stereocenters. The van der Waals surface area contributed by atoms with Crippen molar-refractivity contribution in [3.63, 3.8) is 0 Å². The average Bonchev–Trinajstić information content (AvgIpc) is 2.89. The second-order valence-electron chi connectivity index (χ2n) is 6.54. The van der Waals surface area contributed by atoms with E-state index in [0.717, 1.165) is 17.7 Å². The third kappa shape index (κ3) is 2.16. The molecule has 114 valence electrons. The lowest BCUT2D eigenvalue weighted by atomic mass is 9.95. The van der Waals surface area contributed by atoms with Gasteiger partial charge in [0.2, 0.25) is 0 Å². The number of nitriles is 1. The Labute approximate surface area is 129 Å². The number of hydrogen-bond acceptors (Lipinski definition) is 5. The molecule has 1 saturated carbocycles. The first-order valence-corrected chi connectivity index (χ1v) is 7.29. The van der Waals surface area contributed by atoms with Crippen molar-refractivity contribution < 1.29 is 9.52 Å².